The molecule has 0 spiro atoms. The van der Waals surface area contributed by atoms with Crippen molar-refractivity contribution in [2.45, 2.75) is 224 Å². The first-order chi connectivity index (χ1) is 45.4. The van der Waals surface area contributed by atoms with Gasteiger partial charge in [0.15, 0.2) is 37.7 Å². The molecule has 0 bridgehead atoms. The lowest BCUT2D eigenvalue weighted by Gasteiger charge is -2.51. The Labute approximate surface area is 543 Å². The van der Waals surface area contributed by atoms with Gasteiger partial charge in [0.2, 0.25) is 23.6 Å². The van der Waals surface area contributed by atoms with Gasteiger partial charge in [-0.05, 0) is 12.8 Å². The van der Waals surface area contributed by atoms with Gasteiger partial charge < -0.3 is 179 Å². The largest absolute Gasteiger partial charge is 0.394 e. The van der Waals surface area contributed by atoms with Gasteiger partial charge in [-0.15, -0.1) is 0 Å². The molecule has 6 saturated heterocycles. The molecule has 0 aromatic carbocycles. The monoisotopic (exact) mass is 1390 g/mol. The van der Waals surface area contributed by atoms with Crippen LogP contribution < -0.4 is 21.3 Å². The van der Waals surface area contributed by atoms with E-state index in [2.05, 4.69) is 21.3 Å². The molecular formula is C55H96N4O36. The number of carbonyl (C=O) groups is 4. The molecule has 6 fully saturated rings. The third-order valence-corrected chi connectivity index (χ3v) is 16.2. The van der Waals surface area contributed by atoms with E-state index in [1.54, 1.807) is 0 Å². The second-order valence-corrected chi connectivity index (χ2v) is 23.2. The standard InChI is InChI=1S/C55H96N4O36/c1-4-6-30(68)57-8-10-81-11-12-82-13-14-83-21-31(69)56-7-5-9-84-52-42(78)40(76)47(29(20-65)90-52)93-55-44(80)49(36(72)26(17-62)87-55)95-51-33(59-23(3)67)38(74)46(28(19-64)89-51)92-54-43(79)48(35(71)25(16-61)86-54)94-50-32(58-22(2)66)37(73)45(27(18-63)88-50)91-53-41(77)39(75)34(70)24(15-60)85-53/h24-29,32-55,60-65,70-80H,4-21H2,1-3H3,(H,56,69)(H,57,68)(H,58,66)(H,59,67)/t24?,25?,26?,27?,28?,29?,32?,33?,34-,35-,36-,37?,38?,39?,40+,41?,42?,43?,44?,45+,46+,47+,48?,49?,50-,51-,52+,53-,54-,55-/m0/s1. The predicted octanol–water partition coefficient (Wildman–Crippen LogP) is -13.3. The molecule has 0 aromatic heterocycles. The molecule has 4 amide bonds. The summed E-state index contributed by atoms with van der Waals surface area (Å²) in [6.07, 6.45) is -51.7. The summed E-state index contributed by atoms with van der Waals surface area (Å²) in [5, 5.41) is 196. The first-order valence-electron chi connectivity index (χ1n) is 31.1. The highest BCUT2D eigenvalue weighted by Gasteiger charge is 2.58. The summed E-state index contributed by atoms with van der Waals surface area (Å²) in [4.78, 5) is 49.1. The van der Waals surface area contributed by atoms with Crippen LogP contribution in [0.3, 0.4) is 0 Å². The van der Waals surface area contributed by atoms with Gasteiger partial charge in [-0.25, -0.2) is 0 Å². The molecule has 6 aliphatic heterocycles. The fraction of sp³-hybridized carbons (Fsp3) is 0.927. The summed E-state index contributed by atoms with van der Waals surface area (Å²) in [5.41, 5.74) is 0. The smallest absolute Gasteiger partial charge is 0.246 e. The first-order valence-corrected chi connectivity index (χ1v) is 31.1. The molecule has 30 atom stereocenters. The van der Waals surface area contributed by atoms with Crippen molar-refractivity contribution in [3.8, 4) is 0 Å². The van der Waals surface area contributed by atoms with E-state index >= 15 is 0 Å². The minimum absolute atomic E-state index is 0.0442. The highest BCUT2D eigenvalue weighted by atomic mass is 16.8. The highest BCUT2D eigenvalue weighted by molar-refractivity contribution is 5.77. The summed E-state index contributed by atoms with van der Waals surface area (Å²) in [6.45, 7) is -0.728. The third kappa shape index (κ3) is 21.6. The van der Waals surface area contributed by atoms with Crippen molar-refractivity contribution >= 4 is 23.6 Å². The maximum atomic E-state index is 12.8. The van der Waals surface area contributed by atoms with Gasteiger partial charge in [-0.2, -0.15) is 0 Å². The van der Waals surface area contributed by atoms with Crippen LogP contribution >= 0.6 is 0 Å². The second kappa shape index (κ2) is 39.6. The Balaban J connectivity index is 1.05. The highest BCUT2D eigenvalue weighted by Crippen LogP contribution is 2.37. The molecule has 21 N–H and O–H groups in total. The fourth-order valence-corrected chi connectivity index (χ4v) is 11.2. The normalized spacial score (nSPS) is 40.8. The van der Waals surface area contributed by atoms with Gasteiger partial charge >= 0.3 is 0 Å². The van der Waals surface area contributed by atoms with E-state index in [1.165, 1.54) is 0 Å². The van der Waals surface area contributed by atoms with Crippen LogP contribution in [0.5, 0.6) is 0 Å². The lowest BCUT2D eigenvalue weighted by atomic mass is 9.93. The Morgan fingerprint density at radius 2 is 0.726 bits per heavy atom. The molecule has 6 rings (SSSR count). The van der Waals surface area contributed by atoms with E-state index in [4.69, 9.17) is 71.1 Å². The molecule has 40 heteroatoms. The van der Waals surface area contributed by atoms with Crippen molar-refractivity contribution in [1.29, 1.82) is 0 Å². The number of ether oxygens (including phenoxy) is 15. The molecule has 552 valence electrons. The average Bonchev–Trinajstić information content (AvgIpc) is 0.804. The molecule has 95 heavy (non-hydrogen) atoms. The number of aliphatic hydroxyl groups excluding tert-OH is 17. The van der Waals surface area contributed by atoms with Crippen molar-refractivity contribution in [3.05, 3.63) is 0 Å². The molecular weight excluding hydrogens is 1290 g/mol. The predicted molar refractivity (Wildman–Crippen MR) is 304 cm³/mol. The van der Waals surface area contributed by atoms with Gasteiger partial charge in [-0.1, -0.05) is 6.92 Å². The van der Waals surface area contributed by atoms with Gasteiger partial charge in [0.25, 0.3) is 0 Å². The van der Waals surface area contributed by atoms with Crippen molar-refractivity contribution in [3.63, 3.8) is 0 Å². The number of rotatable bonds is 36. The Morgan fingerprint density at radius 3 is 1.17 bits per heavy atom. The van der Waals surface area contributed by atoms with Crippen LogP contribution in [0.4, 0.5) is 0 Å². The maximum Gasteiger partial charge on any atom is 0.246 e. The summed E-state index contributed by atoms with van der Waals surface area (Å²) < 4.78 is 85.5. The number of hydrogen-bond acceptors (Lipinski definition) is 36. The van der Waals surface area contributed by atoms with Crippen molar-refractivity contribution in [2.75, 3.05) is 99.0 Å². The van der Waals surface area contributed by atoms with E-state index < -0.39 is 241 Å². The van der Waals surface area contributed by atoms with Crippen molar-refractivity contribution < 1.29 is 177 Å². The Hall–Kier alpha value is -3.40. The fourth-order valence-electron chi connectivity index (χ4n) is 11.2. The number of amides is 4. The van der Waals surface area contributed by atoms with Crippen LogP contribution in [0.25, 0.3) is 0 Å². The number of nitrogens with one attached hydrogen (secondary N) is 4. The topological polar surface area (TPSA) is 599 Å². The van der Waals surface area contributed by atoms with E-state index in [9.17, 15) is 106 Å². The third-order valence-electron chi connectivity index (χ3n) is 16.2. The lowest BCUT2D eigenvalue weighted by Crippen LogP contribution is -2.70. The zero-order valence-corrected chi connectivity index (χ0v) is 52.4. The second-order valence-electron chi connectivity index (χ2n) is 23.2. The van der Waals surface area contributed by atoms with E-state index in [1.807, 2.05) is 6.92 Å². The SMILES string of the molecule is CCCC(=O)NCCOCCOCCOCC(=O)NCCCO[C@@H]1OC(CO)[C@@H](O[C@@H]2OC(CO)[C@H](O)C(O[C@@H]3OC(CO)[C@@H](O[C@@H]4OC(CO)[C@H](O)C(O[C@@H]5OC(CO)[C@@H](O[C@@H]6OC(CO)[C@H](O)C(O)C6O)C(O)C5NC(C)=O)C4O)C(O)C3NC(C)=O)C2O)[C@H](O)C1O. The number of carbonyl (C=O) groups excluding carboxylic acids is 4. The van der Waals surface area contributed by atoms with Gasteiger partial charge in [0.05, 0.1) is 79.3 Å². The Morgan fingerprint density at radius 1 is 0.358 bits per heavy atom. The van der Waals surface area contributed by atoms with Crippen LogP contribution in [0, 0.1) is 0 Å². The number of hydrogen-bond donors (Lipinski definition) is 21. The van der Waals surface area contributed by atoms with Crippen molar-refractivity contribution in [2.24, 2.45) is 0 Å². The molecule has 6 heterocycles. The van der Waals surface area contributed by atoms with E-state index in [0.29, 0.717) is 26.2 Å². The molecule has 17 unspecified atom stereocenters. The summed E-state index contributed by atoms with van der Waals surface area (Å²) in [5.74, 6) is -2.21. The summed E-state index contributed by atoms with van der Waals surface area (Å²) in [6, 6.07) is -3.58. The first kappa shape index (κ1) is 80.6. The average molecular weight is 1390 g/mol. The van der Waals surface area contributed by atoms with Gasteiger partial charge in [-0.3, -0.25) is 19.2 Å². The van der Waals surface area contributed by atoms with Crippen LogP contribution in [0.15, 0.2) is 0 Å². The molecule has 0 aliphatic carbocycles. The molecule has 6 aliphatic rings. The molecule has 0 aromatic rings. The number of aliphatic hydroxyl groups is 17. The van der Waals surface area contributed by atoms with E-state index in [0.717, 1.165) is 20.3 Å². The van der Waals surface area contributed by atoms with Crippen LogP contribution in [-0.2, 0) is 90.2 Å². The molecule has 0 saturated carbocycles. The van der Waals surface area contributed by atoms with Crippen LogP contribution in [0.2, 0.25) is 0 Å². The minimum Gasteiger partial charge on any atom is -0.394 e. The summed E-state index contributed by atoms with van der Waals surface area (Å²) >= 11 is 0. The van der Waals surface area contributed by atoms with Crippen molar-refractivity contribution in [1.82, 2.24) is 21.3 Å². The van der Waals surface area contributed by atoms with E-state index in [-0.39, 0.29) is 51.9 Å². The minimum atomic E-state index is -2.24. The zero-order valence-electron chi connectivity index (χ0n) is 52.4. The lowest BCUT2D eigenvalue weighted by molar-refractivity contribution is -0.387. The molecule has 40 nitrogen and oxygen atoms in total. The Bertz CT molecular complexity index is 2280. The maximum absolute atomic E-state index is 12.8. The van der Waals surface area contributed by atoms with Crippen LogP contribution in [0.1, 0.15) is 40.0 Å². The molecule has 0 radical (unpaired) electrons. The quantitative estimate of drug-likeness (QED) is 0.0259. The Kier molecular flexibility index (Phi) is 33.6. The van der Waals surface area contributed by atoms with Gasteiger partial charge in [0, 0.05) is 33.4 Å². The summed E-state index contributed by atoms with van der Waals surface area (Å²) in [7, 11) is 0. The van der Waals surface area contributed by atoms with Gasteiger partial charge in [0.1, 0.15) is 153 Å². The van der Waals surface area contributed by atoms with Crippen LogP contribution in [-0.4, -0.2) is 394 Å². The zero-order chi connectivity index (χ0) is 69.8.